The molecule has 45 valence electrons. The lowest BCUT2D eigenvalue weighted by molar-refractivity contribution is 0.215. The van der Waals surface area contributed by atoms with Crippen LogP contribution in [-0.2, 0) is 4.79 Å². The third kappa shape index (κ3) is 0.662. The molecule has 8 heavy (non-hydrogen) atoms. The van der Waals surface area contributed by atoms with Crippen molar-refractivity contribution in [1.29, 1.82) is 0 Å². The van der Waals surface area contributed by atoms with E-state index in [2.05, 4.69) is 13.2 Å². The van der Waals surface area contributed by atoms with Crippen molar-refractivity contribution in [3.05, 3.63) is 0 Å². The van der Waals surface area contributed by atoms with Gasteiger partial charge in [-0.25, -0.2) is 0 Å². The zero-order chi connectivity index (χ0) is 6.04. The van der Waals surface area contributed by atoms with Gasteiger partial charge in [0.1, 0.15) is 0 Å². The van der Waals surface area contributed by atoms with Crippen molar-refractivity contribution in [2.45, 2.75) is 32.6 Å². The highest BCUT2D eigenvalue weighted by Crippen LogP contribution is 2.41. The van der Waals surface area contributed by atoms with Crippen LogP contribution >= 0.6 is 0 Å². The molecule has 1 saturated carbocycles. The first-order valence-corrected chi connectivity index (χ1v) is 3.22. The van der Waals surface area contributed by atoms with Crippen LogP contribution in [0.2, 0.25) is 0 Å². The highest BCUT2D eigenvalue weighted by Gasteiger charge is 2.35. The predicted octanol–water partition coefficient (Wildman–Crippen LogP) is 1.68. The van der Waals surface area contributed by atoms with Crippen molar-refractivity contribution in [3.8, 4) is 0 Å². The molecule has 0 aromatic carbocycles. The molecule has 0 aliphatic heterocycles. The summed E-state index contributed by atoms with van der Waals surface area (Å²) in [7, 11) is 0. The van der Waals surface area contributed by atoms with Gasteiger partial charge in [0.25, 0.3) is 0 Å². The number of hydrogen-bond acceptors (Lipinski definition) is 1. The highest BCUT2D eigenvalue weighted by molar-refractivity contribution is 5.61. The molecule has 1 nitrogen and oxygen atoms in total. The molecule has 0 aromatic heterocycles. The van der Waals surface area contributed by atoms with Gasteiger partial charge in [0, 0.05) is 5.41 Å². The van der Waals surface area contributed by atoms with Crippen LogP contribution in [0.5, 0.6) is 0 Å². The number of carbonyl (C=O) groups excluding carboxylic acids is 1. The van der Waals surface area contributed by atoms with E-state index in [1.165, 1.54) is 6.42 Å². The molecule has 0 unspecified atom stereocenters. The van der Waals surface area contributed by atoms with Crippen molar-refractivity contribution in [2.24, 2.45) is 5.41 Å². The van der Waals surface area contributed by atoms with Gasteiger partial charge < -0.3 is 0 Å². The lowest BCUT2D eigenvalue weighted by Gasteiger charge is -2.34. The molecule has 1 aliphatic rings. The van der Waals surface area contributed by atoms with Crippen LogP contribution in [-0.4, -0.2) is 6.29 Å². The molecule has 1 fully saturated rings. The largest absolute Gasteiger partial charge is 0.290 e. The lowest BCUT2D eigenvalue weighted by Crippen LogP contribution is -2.29. The smallest absolute Gasteiger partial charge is 0.205 e. The van der Waals surface area contributed by atoms with E-state index in [1.54, 1.807) is 0 Å². The summed E-state index contributed by atoms with van der Waals surface area (Å²) in [5, 5.41) is 0. The predicted molar refractivity (Wildman–Crippen MR) is 32.3 cm³/mol. The van der Waals surface area contributed by atoms with Crippen LogP contribution in [0.4, 0.5) is 0 Å². The first-order chi connectivity index (χ1) is 3.83. The lowest BCUT2D eigenvalue weighted by atomic mass is 9.68. The zero-order valence-electron chi connectivity index (χ0n) is 5.24. The van der Waals surface area contributed by atoms with Crippen LogP contribution < -0.4 is 0 Å². The van der Waals surface area contributed by atoms with Gasteiger partial charge in [-0.05, 0) is 19.3 Å². The fraction of sp³-hybridized carbons (Fsp3) is 0.857. The molecule has 1 aliphatic carbocycles. The summed E-state index contributed by atoms with van der Waals surface area (Å²) >= 11 is 0. The van der Waals surface area contributed by atoms with E-state index in [-0.39, 0.29) is 5.41 Å². The monoisotopic (exact) mass is 111 g/mol. The first-order valence-electron chi connectivity index (χ1n) is 3.22. The Bertz CT molecular complexity index is 87.1. The molecule has 0 amide bonds. The third-order valence-electron chi connectivity index (χ3n) is 2.20. The van der Waals surface area contributed by atoms with E-state index >= 15 is 0 Å². The fourth-order valence-corrected chi connectivity index (χ4v) is 1.13. The Balaban J connectivity index is 2.45. The van der Waals surface area contributed by atoms with Gasteiger partial charge in [0.2, 0.25) is 6.29 Å². The number of hydrogen-bond donors (Lipinski definition) is 0. The maximum atomic E-state index is 10.2. The molecule has 0 aromatic rings. The van der Waals surface area contributed by atoms with Crippen molar-refractivity contribution in [1.82, 2.24) is 0 Å². The Morgan fingerprint density at radius 1 is 1.62 bits per heavy atom. The van der Waals surface area contributed by atoms with Gasteiger partial charge in [-0.2, -0.15) is 0 Å². The van der Waals surface area contributed by atoms with Gasteiger partial charge in [0.05, 0.1) is 0 Å². The van der Waals surface area contributed by atoms with Gasteiger partial charge in [-0.1, -0.05) is 13.3 Å². The standard InChI is InChI=1S/C7H11O/c1-2-7(6-8)4-3-5-7/h2-5H2,1H3. The first kappa shape index (κ1) is 5.80. The minimum absolute atomic E-state index is 0.000000000000000222. The Labute approximate surface area is 50.1 Å². The topological polar surface area (TPSA) is 17.1 Å². The molecule has 0 spiro atoms. The van der Waals surface area contributed by atoms with Crippen LogP contribution in [0.1, 0.15) is 32.6 Å². The SMILES string of the molecule is CCC1([C]=O)CCC1. The van der Waals surface area contributed by atoms with Gasteiger partial charge in [-0.3, -0.25) is 4.79 Å². The normalized spacial score (nSPS) is 24.1. The summed E-state index contributed by atoms with van der Waals surface area (Å²) in [4.78, 5) is 10.2. The van der Waals surface area contributed by atoms with Gasteiger partial charge >= 0.3 is 0 Å². The van der Waals surface area contributed by atoms with Gasteiger partial charge in [-0.15, -0.1) is 0 Å². The van der Waals surface area contributed by atoms with Gasteiger partial charge in [0.15, 0.2) is 0 Å². The average Bonchev–Trinajstić information content (AvgIpc) is 1.67. The molecular weight excluding hydrogens is 100 g/mol. The quantitative estimate of drug-likeness (QED) is 0.529. The second kappa shape index (κ2) is 1.88. The Kier molecular flexibility index (Phi) is 1.37. The summed E-state index contributed by atoms with van der Waals surface area (Å²) in [6.45, 7) is 2.06. The van der Waals surface area contributed by atoms with Crippen LogP contribution in [0.25, 0.3) is 0 Å². The Morgan fingerprint density at radius 2 is 2.25 bits per heavy atom. The second-order valence-electron chi connectivity index (χ2n) is 2.59. The van der Waals surface area contributed by atoms with Crippen LogP contribution in [0, 0.1) is 5.41 Å². The fourth-order valence-electron chi connectivity index (χ4n) is 1.13. The molecule has 0 N–H and O–H groups in total. The van der Waals surface area contributed by atoms with E-state index in [4.69, 9.17) is 0 Å². The maximum absolute atomic E-state index is 10.2. The van der Waals surface area contributed by atoms with Crippen molar-refractivity contribution >= 4 is 6.29 Å². The maximum Gasteiger partial charge on any atom is 0.205 e. The van der Waals surface area contributed by atoms with Crippen molar-refractivity contribution < 1.29 is 4.79 Å². The second-order valence-corrected chi connectivity index (χ2v) is 2.59. The van der Waals surface area contributed by atoms with Crippen LogP contribution in [0.15, 0.2) is 0 Å². The molecule has 0 atom stereocenters. The zero-order valence-corrected chi connectivity index (χ0v) is 5.24. The molecular formula is C7H11O. The minimum atomic E-state index is 0.000000000000000222. The summed E-state index contributed by atoms with van der Waals surface area (Å²) in [5.41, 5.74) is 0.000000000000000222. The Morgan fingerprint density at radius 3 is 2.25 bits per heavy atom. The number of rotatable bonds is 2. The van der Waals surface area contributed by atoms with E-state index in [1.807, 2.05) is 0 Å². The third-order valence-corrected chi connectivity index (χ3v) is 2.20. The van der Waals surface area contributed by atoms with E-state index in [0.717, 1.165) is 19.3 Å². The molecule has 1 heteroatoms. The minimum Gasteiger partial charge on any atom is -0.290 e. The van der Waals surface area contributed by atoms with E-state index < -0.39 is 0 Å². The summed E-state index contributed by atoms with van der Waals surface area (Å²) in [6.07, 6.45) is 6.48. The Hall–Kier alpha value is -0.330. The summed E-state index contributed by atoms with van der Waals surface area (Å²) in [5.74, 6) is 0. The van der Waals surface area contributed by atoms with E-state index in [9.17, 15) is 4.79 Å². The van der Waals surface area contributed by atoms with Crippen molar-refractivity contribution in [2.75, 3.05) is 0 Å². The summed E-state index contributed by atoms with van der Waals surface area (Å²) < 4.78 is 0. The molecule has 0 heterocycles. The van der Waals surface area contributed by atoms with Crippen LogP contribution in [0.3, 0.4) is 0 Å². The van der Waals surface area contributed by atoms with Crippen molar-refractivity contribution in [3.63, 3.8) is 0 Å². The molecule has 1 rings (SSSR count). The molecule has 0 saturated heterocycles. The highest BCUT2D eigenvalue weighted by atomic mass is 16.1. The summed E-state index contributed by atoms with van der Waals surface area (Å²) in [6, 6.07) is 0. The van der Waals surface area contributed by atoms with E-state index in [0.29, 0.717) is 0 Å². The average molecular weight is 111 g/mol. The molecule has 0 bridgehead atoms. The molecule has 1 radical (unpaired) electrons.